The summed E-state index contributed by atoms with van der Waals surface area (Å²) in [7, 11) is -2.32. The highest BCUT2D eigenvalue weighted by atomic mass is 32.2. The van der Waals surface area contributed by atoms with Gasteiger partial charge in [0.1, 0.15) is 5.75 Å². The van der Waals surface area contributed by atoms with Gasteiger partial charge in [-0.15, -0.1) is 11.8 Å². The number of hydrogen-bond acceptors (Lipinski definition) is 6. The fraction of sp³-hybridized carbons (Fsp3) is 0.250. The quantitative estimate of drug-likeness (QED) is 0.585. The molecular formula is C16H16N2O5S2. The van der Waals surface area contributed by atoms with Crippen LogP contribution >= 0.6 is 11.8 Å². The first kappa shape index (κ1) is 17.7. The van der Waals surface area contributed by atoms with Crippen LogP contribution in [0.3, 0.4) is 0 Å². The first-order chi connectivity index (χ1) is 11.9. The Hall–Kier alpha value is -2.10. The van der Waals surface area contributed by atoms with Gasteiger partial charge in [-0.2, -0.15) is 4.31 Å². The molecule has 1 heterocycles. The van der Waals surface area contributed by atoms with Gasteiger partial charge >= 0.3 is 0 Å². The van der Waals surface area contributed by atoms with Crippen molar-refractivity contribution in [3.63, 3.8) is 0 Å². The second kappa shape index (κ2) is 7.03. The number of hydrogen-bond donors (Lipinski definition) is 0. The minimum Gasteiger partial charge on any atom is -0.496 e. The molecule has 0 N–H and O–H groups in total. The van der Waals surface area contributed by atoms with E-state index in [0.29, 0.717) is 18.0 Å². The number of thioether (sulfide) groups is 1. The number of rotatable bonds is 5. The van der Waals surface area contributed by atoms with E-state index in [2.05, 4.69) is 0 Å². The zero-order chi connectivity index (χ0) is 18.0. The van der Waals surface area contributed by atoms with E-state index in [1.54, 1.807) is 6.07 Å². The summed E-state index contributed by atoms with van der Waals surface area (Å²) < 4.78 is 32.8. The van der Waals surface area contributed by atoms with Gasteiger partial charge in [-0.05, 0) is 12.1 Å². The molecule has 0 saturated carbocycles. The molecule has 9 heteroatoms. The number of sulfonamides is 1. The van der Waals surface area contributed by atoms with Gasteiger partial charge in [-0.25, -0.2) is 8.42 Å². The van der Waals surface area contributed by atoms with Crippen molar-refractivity contribution in [1.29, 1.82) is 0 Å². The fourth-order valence-corrected chi connectivity index (χ4v) is 6.01. The minimum absolute atomic E-state index is 0.0795. The molecular weight excluding hydrogens is 364 g/mol. The Morgan fingerprint density at radius 3 is 2.72 bits per heavy atom. The topological polar surface area (TPSA) is 89.8 Å². The largest absolute Gasteiger partial charge is 0.496 e. The Bertz CT molecular complexity index is 901. The van der Waals surface area contributed by atoms with Crippen molar-refractivity contribution < 1.29 is 18.1 Å². The highest BCUT2D eigenvalue weighted by Crippen LogP contribution is 2.44. The van der Waals surface area contributed by atoms with E-state index in [0.717, 1.165) is 11.6 Å². The van der Waals surface area contributed by atoms with Crippen LogP contribution in [0.2, 0.25) is 0 Å². The SMILES string of the molecule is COc1ccccc1C1SCCN1S(=O)(=O)c1cccc([N+](=O)[O-])c1. The number of nitro groups is 1. The zero-order valence-corrected chi connectivity index (χ0v) is 15.0. The molecule has 1 saturated heterocycles. The first-order valence-corrected chi connectivity index (χ1v) is 9.95. The molecule has 1 atom stereocenters. The van der Waals surface area contributed by atoms with Gasteiger partial charge in [0.05, 0.1) is 22.3 Å². The second-order valence-electron chi connectivity index (χ2n) is 5.34. The van der Waals surface area contributed by atoms with E-state index in [-0.39, 0.29) is 10.6 Å². The molecule has 1 aliphatic heterocycles. The Kier molecular flexibility index (Phi) is 4.98. The molecule has 25 heavy (non-hydrogen) atoms. The summed E-state index contributed by atoms with van der Waals surface area (Å²) in [6.07, 6.45) is 0. The summed E-state index contributed by atoms with van der Waals surface area (Å²) in [5.41, 5.74) is 0.517. The van der Waals surface area contributed by atoms with Crippen LogP contribution in [-0.2, 0) is 10.0 Å². The van der Waals surface area contributed by atoms with E-state index in [1.165, 1.54) is 41.4 Å². The molecule has 1 unspecified atom stereocenters. The van der Waals surface area contributed by atoms with Crippen molar-refractivity contribution in [1.82, 2.24) is 4.31 Å². The van der Waals surface area contributed by atoms with Crippen LogP contribution in [0.15, 0.2) is 53.4 Å². The van der Waals surface area contributed by atoms with Crippen LogP contribution in [0, 0.1) is 10.1 Å². The predicted molar refractivity (Wildman–Crippen MR) is 95.2 cm³/mol. The maximum absolute atomic E-state index is 13.0. The third-order valence-corrected chi connectivity index (χ3v) is 7.13. The Labute approximate surface area is 149 Å². The number of para-hydroxylation sites is 1. The van der Waals surface area contributed by atoms with Crippen molar-refractivity contribution in [3.8, 4) is 5.75 Å². The highest BCUT2D eigenvalue weighted by Gasteiger charge is 2.38. The van der Waals surface area contributed by atoms with Gasteiger partial charge in [-0.1, -0.05) is 24.3 Å². The molecule has 0 bridgehead atoms. The van der Waals surface area contributed by atoms with Crippen LogP contribution in [-0.4, -0.2) is 37.1 Å². The number of benzene rings is 2. The number of nitrogens with zero attached hydrogens (tertiary/aromatic N) is 2. The molecule has 0 aliphatic carbocycles. The van der Waals surface area contributed by atoms with Gasteiger partial charge in [0.2, 0.25) is 10.0 Å². The summed E-state index contributed by atoms with van der Waals surface area (Å²) in [6.45, 7) is 0.332. The van der Waals surface area contributed by atoms with Crippen LogP contribution in [0.5, 0.6) is 5.75 Å². The maximum atomic E-state index is 13.0. The summed E-state index contributed by atoms with van der Waals surface area (Å²) in [6, 6.07) is 12.4. The highest BCUT2D eigenvalue weighted by molar-refractivity contribution is 8.01. The Balaban J connectivity index is 2.02. The number of non-ortho nitro benzene ring substituents is 1. The molecule has 1 aliphatic rings. The first-order valence-electron chi connectivity index (χ1n) is 7.46. The van der Waals surface area contributed by atoms with E-state index < -0.39 is 20.3 Å². The molecule has 2 aromatic carbocycles. The third-order valence-electron chi connectivity index (χ3n) is 3.89. The zero-order valence-electron chi connectivity index (χ0n) is 13.4. The molecule has 132 valence electrons. The van der Waals surface area contributed by atoms with Crippen molar-refractivity contribution in [3.05, 3.63) is 64.2 Å². The average Bonchev–Trinajstić information content (AvgIpc) is 3.12. The van der Waals surface area contributed by atoms with Crippen LogP contribution < -0.4 is 4.74 Å². The molecule has 1 fully saturated rings. The number of nitro benzene ring substituents is 1. The van der Waals surface area contributed by atoms with Crippen LogP contribution in [0.25, 0.3) is 0 Å². The summed E-state index contributed by atoms with van der Waals surface area (Å²) >= 11 is 1.50. The third kappa shape index (κ3) is 3.35. The fourth-order valence-electron chi connectivity index (χ4n) is 2.71. The van der Waals surface area contributed by atoms with Crippen molar-refractivity contribution in [2.24, 2.45) is 0 Å². The van der Waals surface area contributed by atoms with E-state index in [1.807, 2.05) is 18.2 Å². The Morgan fingerprint density at radius 1 is 1.24 bits per heavy atom. The molecule has 0 radical (unpaired) electrons. The van der Waals surface area contributed by atoms with Crippen LogP contribution in [0.1, 0.15) is 10.9 Å². The lowest BCUT2D eigenvalue weighted by atomic mass is 10.2. The lowest BCUT2D eigenvalue weighted by Gasteiger charge is -2.24. The van der Waals surface area contributed by atoms with Crippen molar-refractivity contribution >= 4 is 27.5 Å². The molecule has 2 aromatic rings. The molecule has 0 spiro atoms. The molecule has 7 nitrogen and oxygen atoms in total. The lowest BCUT2D eigenvalue weighted by Crippen LogP contribution is -2.30. The smallest absolute Gasteiger partial charge is 0.270 e. The van der Waals surface area contributed by atoms with Crippen molar-refractivity contribution in [2.45, 2.75) is 10.3 Å². The standard InChI is InChI=1S/C16H16N2O5S2/c1-23-15-8-3-2-7-14(15)16-17(9-10-24-16)25(21,22)13-6-4-5-12(11-13)18(19)20/h2-8,11,16H,9-10H2,1H3. The van der Waals surface area contributed by atoms with Gasteiger partial charge in [0.15, 0.2) is 0 Å². The van der Waals surface area contributed by atoms with E-state index >= 15 is 0 Å². The van der Waals surface area contributed by atoms with Gasteiger partial charge in [-0.3, -0.25) is 10.1 Å². The minimum atomic E-state index is -3.86. The number of methoxy groups -OCH3 is 1. The second-order valence-corrected chi connectivity index (χ2v) is 8.41. The lowest BCUT2D eigenvalue weighted by molar-refractivity contribution is -0.385. The van der Waals surface area contributed by atoms with Gasteiger partial charge in [0.25, 0.3) is 5.69 Å². The average molecular weight is 380 g/mol. The summed E-state index contributed by atoms with van der Waals surface area (Å²) in [4.78, 5) is 10.3. The summed E-state index contributed by atoms with van der Waals surface area (Å²) in [5, 5.41) is 10.5. The Morgan fingerprint density at radius 2 is 2.00 bits per heavy atom. The van der Waals surface area contributed by atoms with Crippen molar-refractivity contribution in [2.75, 3.05) is 19.4 Å². The van der Waals surface area contributed by atoms with Gasteiger partial charge in [0, 0.05) is 30.0 Å². The van der Waals surface area contributed by atoms with E-state index in [4.69, 9.17) is 4.74 Å². The molecule has 0 amide bonds. The maximum Gasteiger partial charge on any atom is 0.270 e. The van der Waals surface area contributed by atoms with E-state index in [9.17, 15) is 18.5 Å². The predicted octanol–water partition coefficient (Wildman–Crippen LogP) is 3.04. The van der Waals surface area contributed by atoms with Gasteiger partial charge < -0.3 is 4.74 Å². The molecule has 0 aromatic heterocycles. The molecule has 3 rings (SSSR count). The monoisotopic (exact) mass is 380 g/mol. The normalized spacial score (nSPS) is 18.2. The summed E-state index contributed by atoms with van der Waals surface area (Å²) in [5.74, 6) is 1.25. The number of ether oxygens (including phenoxy) is 1. The van der Waals surface area contributed by atoms with Crippen LogP contribution in [0.4, 0.5) is 5.69 Å².